The number of halogens is 1. The van der Waals surface area contributed by atoms with E-state index in [2.05, 4.69) is 10.2 Å². The Labute approximate surface area is 165 Å². The summed E-state index contributed by atoms with van der Waals surface area (Å²) in [4.78, 5) is 26.4. The first-order valence-electron chi connectivity index (χ1n) is 9.31. The van der Waals surface area contributed by atoms with Crippen LogP contribution in [0.3, 0.4) is 0 Å². The van der Waals surface area contributed by atoms with Crippen LogP contribution in [0.5, 0.6) is 0 Å². The number of rotatable bonds is 5. The van der Waals surface area contributed by atoms with E-state index in [1.54, 1.807) is 6.07 Å². The molecule has 1 N–H and O–H groups in total. The van der Waals surface area contributed by atoms with Gasteiger partial charge in [-0.15, -0.1) is 0 Å². The first-order chi connectivity index (χ1) is 12.9. The molecule has 142 valence electrons. The van der Waals surface area contributed by atoms with Gasteiger partial charge in [-0.1, -0.05) is 23.7 Å². The van der Waals surface area contributed by atoms with Gasteiger partial charge in [0.2, 0.25) is 5.91 Å². The first-order valence-corrected chi connectivity index (χ1v) is 9.69. The molecule has 4 nitrogen and oxygen atoms in total. The van der Waals surface area contributed by atoms with Crippen LogP contribution in [0.1, 0.15) is 41.3 Å². The summed E-state index contributed by atoms with van der Waals surface area (Å²) >= 11 is 6.02. The molecular weight excluding hydrogens is 360 g/mol. The summed E-state index contributed by atoms with van der Waals surface area (Å²) in [6.45, 7) is 6.02. The third kappa shape index (κ3) is 5.18. The number of hydrogen-bond acceptors (Lipinski definition) is 3. The second-order valence-corrected chi connectivity index (χ2v) is 7.71. The van der Waals surface area contributed by atoms with Crippen molar-refractivity contribution in [3.8, 4) is 0 Å². The lowest BCUT2D eigenvalue weighted by atomic mass is 9.88. The van der Waals surface area contributed by atoms with Crippen LogP contribution in [0, 0.1) is 12.8 Å². The molecule has 1 fully saturated rings. The molecule has 2 aromatic carbocycles. The van der Waals surface area contributed by atoms with Crippen molar-refractivity contribution >= 4 is 29.0 Å². The van der Waals surface area contributed by atoms with Gasteiger partial charge in [-0.05, 0) is 67.8 Å². The lowest BCUT2D eigenvalue weighted by molar-refractivity contribution is -0.114. The molecule has 0 aliphatic carbocycles. The molecule has 1 unspecified atom stereocenters. The molecule has 1 saturated heterocycles. The van der Waals surface area contributed by atoms with E-state index in [4.69, 9.17) is 11.6 Å². The smallest absolute Gasteiger partial charge is 0.221 e. The van der Waals surface area contributed by atoms with Crippen LogP contribution in [-0.2, 0) is 11.3 Å². The molecule has 2 aromatic rings. The van der Waals surface area contributed by atoms with E-state index in [-0.39, 0.29) is 17.6 Å². The quantitative estimate of drug-likeness (QED) is 0.760. The maximum Gasteiger partial charge on any atom is 0.221 e. The van der Waals surface area contributed by atoms with Crippen molar-refractivity contribution in [1.82, 2.24) is 4.90 Å². The van der Waals surface area contributed by atoms with Crippen molar-refractivity contribution in [3.63, 3.8) is 0 Å². The number of anilines is 1. The van der Waals surface area contributed by atoms with Crippen molar-refractivity contribution in [2.45, 2.75) is 33.2 Å². The minimum absolute atomic E-state index is 0.0253. The normalized spacial score (nSPS) is 17.5. The lowest BCUT2D eigenvalue weighted by Crippen LogP contribution is -2.38. The second kappa shape index (κ2) is 8.68. The van der Waals surface area contributed by atoms with E-state index in [1.165, 1.54) is 12.5 Å². The highest BCUT2D eigenvalue weighted by Crippen LogP contribution is 2.25. The number of hydrogen-bond donors (Lipinski definition) is 1. The SMILES string of the molecule is CC(=O)Nc1ccc(CN2CCCC(C(=O)c3ccc(Cl)cc3C)C2)cc1. The number of nitrogens with zero attached hydrogens (tertiary/aromatic N) is 1. The van der Waals surface area contributed by atoms with Crippen LogP contribution in [0.4, 0.5) is 5.69 Å². The summed E-state index contributed by atoms with van der Waals surface area (Å²) in [6.07, 6.45) is 1.95. The van der Waals surface area contributed by atoms with E-state index >= 15 is 0 Å². The van der Waals surface area contributed by atoms with Crippen molar-refractivity contribution < 1.29 is 9.59 Å². The van der Waals surface area contributed by atoms with Gasteiger partial charge in [0, 0.05) is 42.2 Å². The highest BCUT2D eigenvalue weighted by molar-refractivity contribution is 6.30. The number of carbonyl (C=O) groups excluding carboxylic acids is 2. The first kappa shape index (κ1) is 19.6. The van der Waals surface area contributed by atoms with Crippen LogP contribution in [0.15, 0.2) is 42.5 Å². The molecule has 1 atom stereocenters. The van der Waals surface area contributed by atoms with Gasteiger partial charge in [0.1, 0.15) is 0 Å². The predicted molar refractivity (Wildman–Crippen MR) is 109 cm³/mol. The number of aryl methyl sites for hydroxylation is 1. The number of amides is 1. The summed E-state index contributed by atoms with van der Waals surface area (Å²) in [5.41, 5.74) is 3.71. The number of nitrogens with one attached hydrogen (secondary N) is 1. The van der Waals surface area contributed by atoms with Crippen LogP contribution < -0.4 is 5.32 Å². The minimum Gasteiger partial charge on any atom is -0.326 e. The number of benzene rings is 2. The maximum absolute atomic E-state index is 13.0. The van der Waals surface area contributed by atoms with Gasteiger partial charge in [0.25, 0.3) is 0 Å². The Bertz CT molecular complexity index is 833. The Morgan fingerprint density at radius 2 is 1.93 bits per heavy atom. The number of carbonyl (C=O) groups is 2. The number of ketones is 1. The van der Waals surface area contributed by atoms with Gasteiger partial charge < -0.3 is 5.32 Å². The minimum atomic E-state index is -0.0716. The van der Waals surface area contributed by atoms with E-state index in [0.717, 1.165) is 49.3 Å². The molecule has 5 heteroatoms. The molecule has 3 rings (SSSR count). The van der Waals surface area contributed by atoms with Gasteiger partial charge in [-0.3, -0.25) is 14.5 Å². The fourth-order valence-corrected chi connectivity index (χ4v) is 3.92. The molecule has 27 heavy (non-hydrogen) atoms. The fraction of sp³-hybridized carbons (Fsp3) is 0.364. The largest absolute Gasteiger partial charge is 0.326 e. The lowest BCUT2D eigenvalue weighted by Gasteiger charge is -2.32. The van der Waals surface area contributed by atoms with Crippen LogP contribution >= 0.6 is 11.6 Å². The van der Waals surface area contributed by atoms with Crippen molar-refractivity contribution in [2.75, 3.05) is 18.4 Å². The molecule has 1 aliphatic heterocycles. The Balaban J connectivity index is 1.63. The van der Waals surface area contributed by atoms with Gasteiger partial charge >= 0.3 is 0 Å². The average Bonchev–Trinajstić information content (AvgIpc) is 2.63. The third-order valence-corrected chi connectivity index (χ3v) is 5.25. The number of Topliss-reactive ketones (excluding diaryl/α,β-unsaturated/α-hetero) is 1. The molecule has 0 spiro atoms. The standard InChI is InChI=1S/C22H25ClN2O2/c1-15-12-19(23)7-10-21(15)22(27)18-4-3-11-25(14-18)13-17-5-8-20(9-6-17)24-16(2)26/h5-10,12,18H,3-4,11,13-14H2,1-2H3,(H,24,26). The summed E-state index contributed by atoms with van der Waals surface area (Å²) in [6, 6.07) is 13.4. The van der Waals surface area contributed by atoms with E-state index in [9.17, 15) is 9.59 Å². The average molecular weight is 385 g/mol. The van der Waals surface area contributed by atoms with Gasteiger partial charge in [0.05, 0.1) is 0 Å². The zero-order valence-corrected chi connectivity index (χ0v) is 16.6. The molecule has 0 radical (unpaired) electrons. The fourth-order valence-electron chi connectivity index (χ4n) is 3.69. The number of piperidine rings is 1. The zero-order chi connectivity index (χ0) is 19.4. The third-order valence-electron chi connectivity index (χ3n) is 5.01. The van der Waals surface area contributed by atoms with Crippen LogP contribution in [-0.4, -0.2) is 29.7 Å². The Morgan fingerprint density at radius 3 is 2.59 bits per heavy atom. The Hall–Kier alpha value is -2.17. The van der Waals surface area contributed by atoms with Gasteiger partial charge in [-0.2, -0.15) is 0 Å². The summed E-state index contributed by atoms with van der Waals surface area (Å²) < 4.78 is 0. The maximum atomic E-state index is 13.0. The molecule has 0 aromatic heterocycles. The van der Waals surface area contributed by atoms with Crippen LogP contribution in [0.25, 0.3) is 0 Å². The van der Waals surface area contributed by atoms with Crippen LogP contribution in [0.2, 0.25) is 5.02 Å². The molecule has 1 heterocycles. The molecule has 0 bridgehead atoms. The van der Waals surface area contributed by atoms with Crippen molar-refractivity contribution in [3.05, 3.63) is 64.2 Å². The van der Waals surface area contributed by atoms with E-state index in [0.29, 0.717) is 5.02 Å². The second-order valence-electron chi connectivity index (χ2n) is 7.28. The van der Waals surface area contributed by atoms with Crippen molar-refractivity contribution in [2.24, 2.45) is 5.92 Å². The van der Waals surface area contributed by atoms with Gasteiger partial charge in [0.15, 0.2) is 5.78 Å². The van der Waals surface area contributed by atoms with E-state index in [1.807, 2.05) is 43.3 Å². The Kier molecular flexibility index (Phi) is 6.30. The molecular formula is C22H25ClN2O2. The van der Waals surface area contributed by atoms with Crippen molar-refractivity contribution in [1.29, 1.82) is 0 Å². The highest BCUT2D eigenvalue weighted by atomic mass is 35.5. The summed E-state index contributed by atoms with van der Waals surface area (Å²) in [5.74, 6) is 0.171. The Morgan fingerprint density at radius 1 is 1.19 bits per heavy atom. The summed E-state index contributed by atoms with van der Waals surface area (Å²) in [7, 11) is 0. The molecule has 0 saturated carbocycles. The topological polar surface area (TPSA) is 49.4 Å². The number of likely N-dealkylation sites (tertiary alicyclic amines) is 1. The van der Waals surface area contributed by atoms with Gasteiger partial charge in [-0.25, -0.2) is 0 Å². The molecule has 1 aliphatic rings. The predicted octanol–water partition coefficient (Wildman–Crippen LogP) is 4.70. The van der Waals surface area contributed by atoms with E-state index < -0.39 is 0 Å². The highest BCUT2D eigenvalue weighted by Gasteiger charge is 2.27. The molecule has 1 amide bonds. The monoisotopic (exact) mass is 384 g/mol. The zero-order valence-electron chi connectivity index (χ0n) is 15.8. The summed E-state index contributed by atoms with van der Waals surface area (Å²) in [5, 5.41) is 3.44.